The van der Waals surface area contributed by atoms with Gasteiger partial charge in [0.15, 0.2) is 0 Å². The Bertz CT molecular complexity index is 969. The molecule has 0 spiro atoms. The number of carbonyl (C=O) groups excluding carboxylic acids is 2. The highest BCUT2D eigenvalue weighted by Crippen LogP contribution is 2.61. The van der Waals surface area contributed by atoms with Crippen molar-refractivity contribution < 1.29 is 9.59 Å². The number of rotatable bonds is 6. The number of carbonyl (C=O) groups is 2. The fraction of sp³-hybridized carbons (Fsp3) is 0.480. The van der Waals surface area contributed by atoms with Crippen molar-refractivity contribution in [3.05, 3.63) is 53.7 Å². The first-order valence-electron chi connectivity index (χ1n) is 11.3. The van der Waals surface area contributed by atoms with Crippen LogP contribution >= 0.6 is 0 Å². The Kier molecular flexibility index (Phi) is 4.95. The molecular weight excluding hydrogens is 388 g/mol. The quantitative estimate of drug-likeness (QED) is 0.662. The molecule has 4 aliphatic carbocycles. The van der Waals surface area contributed by atoms with E-state index < -0.39 is 11.8 Å². The molecule has 0 saturated heterocycles. The molecule has 4 saturated carbocycles. The number of hydrogen-bond acceptors (Lipinski definition) is 4. The van der Waals surface area contributed by atoms with Crippen LogP contribution in [-0.2, 0) is 9.59 Å². The molecule has 1 unspecified atom stereocenters. The van der Waals surface area contributed by atoms with E-state index >= 15 is 0 Å². The average molecular weight is 419 g/mol. The number of nitrogens with one attached hydrogen (secondary N) is 1. The van der Waals surface area contributed by atoms with Gasteiger partial charge < -0.3 is 16.8 Å². The van der Waals surface area contributed by atoms with Crippen LogP contribution in [0.4, 0.5) is 11.5 Å². The van der Waals surface area contributed by atoms with Crippen LogP contribution in [0.1, 0.15) is 62.0 Å². The van der Waals surface area contributed by atoms with Crippen LogP contribution in [0.25, 0.3) is 0 Å². The molecule has 4 fully saturated rings. The highest BCUT2D eigenvalue weighted by atomic mass is 16.2. The summed E-state index contributed by atoms with van der Waals surface area (Å²) in [6.45, 7) is 0. The van der Waals surface area contributed by atoms with Crippen molar-refractivity contribution in [1.29, 1.82) is 0 Å². The molecule has 4 bridgehead atoms. The van der Waals surface area contributed by atoms with Crippen LogP contribution < -0.4 is 16.8 Å². The Hall–Kier alpha value is -2.89. The van der Waals surface area contributed by atoms with E-state index in [-0.39, 0.29) is 11.3 Å². The third-order valence-electron chi connectivity index (χ3n) is 7.66. The Balaban J connectivity index is 1.30. The summed E-state index contributed by atoms with van der Waals surface area (Å²) in [7, 11) is 0. The van der Waals surface area contributed by atoms with E-state index in [1.54, 1.807) is 12.3 Å². The van der Waals surface area contributed by atoms with Crippen LogP contribution in [0.5, 0.6) is 0 Å². The normalized spacial score (nSPS) is 29.5. The molecule has 162 valence electrons. The molecule has 0 aliphatic heterocycles. The third-order valence-corrected chi connectivity index (χ3v) is 7.66. The maximum absolute atomic E-state index is 12.9. The number of primary amides is 1. The molecule has 6 rings (SSSR count). The lowest BCUT2D eigenvalue weighted by molar-refractivity contribution is -0.124. The van der Waals surface area contributed by atoms with Crippen molar-refractivity contribution in [3.8, 4) is 0 Å². The third kappa shape index (κ3) is 3.91. The molecule has 5 N–H and O–H groups in total. The van der Waals surface area contributed by atoms with Gasteiger partial charge in [-0.25, -0.2) is 4.98 Å². The molecule has 2 aromatic rings. The van der Waals surface area contributed by atoms with E-state index in [1.807, 2.05) is 30.3 Å². The zero-order chi connectivity index (χ0) is 21.6. The van der Waals surface area contributed by atoms with Gasteiger partial charge in [-0.3, -0.25) is 9.59 Å². The number of nitrogens with two attached hydrogens (primary N) is 2. The Morgan fingerprint density at radius 2 is 1.68 bits per heavy atom. The molecule has 1 heterocycles. The highest BCUT2D eigenvalue weighted by Gasteiger charge is 2.51. The van der Waals surface area contributed by atoms with Crippen molar-refractivity contribution in [2.45, 2.75) is 50.9 Å². The monoisotopic (exact) mass is 418 g/mol. The van der Waals surface area contributed by atoms with E-state index in [4.69, 9.17) is 11.5 Å². The lowest BCUT2D eigenvalue weighted by atomic mass is 9.49. The second-order valence-electron chi connectivity index (χ2n) is 10.1. The molecule has 1 atom stereocenters. The number of aromatic nitrogens is 1. The van der Waals surface area contributed by atoms with Gasteiger partial charge in [0.25, 0.3) is 0 Å². The summed E-state index contributed by atoms with van der Waals surface area (Å²) in [6.07, 6.45) is 9.79. The first-order valence-corrected chi connectivity index (χ1v) is 11.3. The van der Waals surface area contributed by atoms with Crippen molar-refractivity contribution >= 4 is 23.3 Å². The van der Waals surface area contributed by atoms with Crippen LogP contribution in [0.3, 0.4) is 0 Å². The largest absolute Gasteiger partial charge is 0.398 e. The molecule has 6 heteroatoms. The Morgan fingerprint density at radius 1 is 1.06 bits per heavy atom. The summed E-state index contributed by atoms with van der Waals surface area (Å²) < 4.78 is 0. The number of hydrogen-bond donors (Lipinski definition) is 3. The van der Waals surface area contributed by atoms with Crippen molar-refractivity contribution in [1.82, 2.24) is 4.98 Å². The second kappa shape index (κ2) is 7.66. The summed E-state index contributed by atoms with van der Waals surface area (Å²) >= 11 is 0. The van der Waals surface area contributed by atoms with Gasteiger partial charge in [-0.2, -0.15) is 0 Å². The van der Waals surface area contributed by atoms with Gasteiger partial charge in [-0.05, 0) is 67.3 Å². The fourth-order valence-electron chi connectivity index (χ4n) is 6.97. The molecule has 2 amide bonds. The minimum absolute atomic E-state index is 0.0103. The highest BCUT2D eigenvalue weighted by molar-refractivity contribution is 5.91. The van der Waals surface area contributed by atoms with Crippen LogP contribution in [-0.4, -0.2) is 16.8 Å². The lowest BCUT2D eigenvalue weighted by Crippen LogP contribution is -2.47. The summed E-state index contributed by atoms with van der Waals surface area (Å²) in [6, 6.07) is 10.9. The second-order valence-corrected chi connectivity index (χ2v) is 10.1. The van der Waals surface area contributed by atoms with Crippen LogP contribution in [0.2, 0.25) is 0 Å². The predicted octanol–water partition coefficient (Wildman–Crippen LogP) is 3.83. The summed E-state index contributed by atoms with van der Waals surface area (Å²) in [5, 5.41) is 2.95. The number of amides is 2. The minimum Gasteiger partial charge on any atom is -0.398 e. The molecule has 1 aromatic heterocycles. The Labute approximate surface area is 182 Å². The van der Waals surface area contributed by atoms with E-state index in [0.29, 0.717) is 23.5 Å². The molecule has 6 nitrogen and oxygen atoms in total. The average Bonchev–Trinajstić information content (AvgIpc) is 2.69. The molecule has 0 radical (unpaired) electrons. The number of anilines is 2. The maximum atomic E-state index is 12.9. The number of nitrogen functional groups attached to an aromatic ring is 1. The van der Waals surface area contributed by atoms with Crippen molar-refractivity contribution in [2.24, 2.45) is 28.9 Å². The topological polar surface area (TPSA) is 111 Å². The zero-order valence-electron chi connectivity index (χ0n) is 17.7. The molecule has 1 aromatic carbocycles. The van der Waals surface area contributed by atoms with E-state index in [1.165, 1.54) is 38.5 Å². The number of benzene rings is 1. The first kappa shape index (κ1) is 20.0. The number of pyridine rings is 1. The lowest BCUT2D eigenvalue weighted by Gasteiger charge is -2.56. The Morgan fingerprint density at radius 3 is 2.23 bits per heavy atom. The van der Waals surface area contributed by atoms with Gasteiger partial charge in [0.2, 0.25) is 11.8 Å². The van der Waals surface area contributed by atoms with Gasteiger partial charge in [0.05, 0.1) is 5.92 Å². The summed E-state index contributed by atoms with van der Waals surface area (Å²) in [4.78, 5) is 29.4. The van der Waals surface area contributed by atoms with Crippen LogP contribution in [0, 0.1) is 23.2 Å². The van der Waals surface area contributed by atoms with Gasteiger partial charge in [0, 0.05) is 29.9 Å². The summed E-state index contributed by atoms with van der Waals surface area (Å²) in [5.74, 6) is 1.72. The van der Waals surface area contributed by atoms with E-state index in [9.17, 15) is 9.59 Å². The minimum atomic E-state index is -0.675. The van der Waals surface area contributed by atoms with Gasteiger partial charge in [-0.15, -0.1) is 0 Å². The molecule has 4 aliphatic rings. The first-order chi connectivity index (χ1) is 14.9. The van der Waals surface area contributed by atoms with Crippen molar-refractivity contribution in [2.75, 3.05) is 11.1 Å². The predicted molar refractivity (Wildman–Crippen MR) is 120 cm³/mol. The smallest absolute Gasteiger partial charge is 0.229 e. The van der Waals surface area contributed by atoms with Gasteiger partial charge in [-0.1, -0.05) is 30.3 Å². The molecule has 31 heavy (non-hydrogen) atoms. The van der Waals surface area contributed by atoms with Gasteiger partial charge in [0.1, 0.15) is 5.82 Å². The fourth-order valence-corrected chi connectivity index (χ4v) is 6.97. The zero-order valence-corrected chi connectivity index (χ0v) is 17.7. The standard InChI is InChI=1S/C25H30N4O2/c26-20-9-21(28-14-19(20)23(24(27)31)18-4-2-1-3-5-18)29-22(30)13-25-10-15-6-16(11-25)8-17(7-15)12-25/h1-5,9,14-17,23H,6-8,10-13H2,(H2,27,31)(H3,26,28,29,30). The SMILES string of the molecule is NC(=O)C(c1ccccc1)c1cnc(NC(=O)CC23CC4CC(CC(C4)C2)C3)cc1N. The van der Waals surface area contributed by atoms with Gasteiger partial charge >= 0.3 is 0 Å². The molecular formula is C25H30N4O2. The van der Waals surface area contributed by atoms with Crippen molar-refractivity contribution in [3.63, 3.8) is 0 Å². The number of nitrogens with zero attached hydrogens (tertiary/aromatic N) is 1. The van der Waals surface area contributed by atoms with Crippen LogP contribution in [0.15, 0.2) is 42.6 Å². The van der Waals surface area contributed by atoms with E-state index in [2.05, 4.69) is 10.3 Å². The maximum Gasteiger partial charge on any atom is 0.229 e. The summed E-state index contributed by atoms with van der Waals surface area (Å²) in [5.41, 5.74) is 13.8. The van der Waals surface area contributed by atoms with E-state index in [0.717, 1.165) is 23.3 Å².